The van der Waals surface area contributed by atoms with Crippen molar-refractivity contribution in [2.24, 2.45) is 5.73 Å². The number of carboxylic acids is 1. The summed E-state index contributed by atoms with van der Waals surface area (Å²) in [6, 6.07) is -3.41. The van der Waals surface area contributed by atoms with E-state index in [9.17, 15) is 24.3 Å². The van der Waals surface area contributed by atoms with Gasteiger partial charge in [0.05, 0.1) is 13.2 Å². The quantitative estimate of drug-likeness (QED) is 0.257. The van der Waals surface area contributed by atoms with E-state index in [0.29, 0.717) is 12.8 Å². The Balaban J connectivity index is 2.73. The van der Waals surface area contributed by atoms with Gasteiger partial charge in [0.15, 0.2) is 0 Å². The van der Waals surface area contributed by atoms with Crippen molar-refractivity contribution in [3.05, 3.63) is 0 Å². The van der Waals surface area contributed by atoms with E-state index in [4.69, 9.17) is 15.9 Å². The van der Waals surface area contributed by atoms with Gasteiger partial charge >= 0.3 is 5.97 Å². The van der Waals surface area contributed by atoms with Gasteiger partial charge in [-0.3, -0.25) is 19.2 Å². The zero-order valence-electron chi connectivity index (χ0n) is 13.0. The highest BCUT2D eigenvalue weighted by molar-refractivity contribution is 5.94. The second-order valence-corrected chi connectivity index (χ2v) is 5.33. The zero-order valence-corrected chi connectivity index (χ0v) is 13.0. The summed E-state index contributed by atoms with van der Waals surface area (Å²) >= 11 is 0. The normalized spacial score (nSPS) is 19.5. The summed E-state index contributed by atoms with van der Waals surface area (Å²) in [7, 11) is 0. The predicted octanol–water partition coefficient (Wildman–Crippen LogP) is -4.03. The van der Waals surface area contributed by atoms with E-state index < -0.39 is 61.6 Å². The Labute approximate surface area is 137 Å². The molecule has 3 atom stereocenters. The average molecular weight is 346 g/mol. The lowest BCUT2D eigenvalue weighted by atomic mass is 10.1. The van der Waals surface area contributed by atoms with Gasteiger partial charge in [-0.1, -0.05) is 0 Å². The lowest BCUT2D eigenvalue weighted by molar-refractivity contribution is -0.143. The van der Waals surface area contributed by atoms with Crippen molar-refractivity contribution in [1.29, 1.82) is 0 Å². The van der Waals surface area contributed by atoms with Crippen molar-refractivity contribution in [3.63, 3.8) is 0 Å². The SMILES string of the molecule is NC(CO)C(=O)NC(CO)C(=O)N1CCCC1C(=O)NCC(=O)O. The van der Waals surface area contributed by atoms with Gasteiger partial charge in [-0.15, -0.1) is 0 Å². The molecule has 0 saturated carbocycles. The molecule has 7 N–H and O–H groups in total. The van der Waals surface area contributed by atoms with Crippen molar-refractivity contribution in [2.45, 2.75) is 31.0 Å². The Hall–Kier alpha value is -2.24. The smallest absolute Gasteiger partial charge is 0.322 e. The van der Waals surface area contributed by atoms with E-state index in [1.807, 2.05) is 0 Å². The molecule has 3 unspecified atom stereocenters. The fourth-order valence-corrected chi connectivity index (χ4v) is 2.33. The first-order chi connectivity index (χ1) is 11.3. The largest absolute Gasteiger partial charge is 0.480 e. The van der Waals surface area contributed by atoms with E-state index in [1.54, 1.807) is 0 Å². The molecule has 0 radical (unpaired) electrons. The number of aliphatic hydroxyl groups is 2. The Morgan fingerprint density at radius 1 is 1.21 bits per heavy atom. The summed E-state index contributed by atoms with van der Waals surface area (Å²) < 4.78 is 0. The maximum Gasteiger partial charge on any atom is 0.322 e. The van der Waals surface area contributed by atoms with Crippen LogP contribution in [0, 0.1) is 0 Å². The molecule has 1 heterocycles. The first kappa shape index (κ1) is 19.8. The fourth-order valence-electron chi connectivity index (χ4n) is 2.33. The number of aliphatic hydroxyl groups excluding tert-OH is 2. The predicted molar refractivity (Wildman–Crippen MR) is 79.5 cm³/mol. The number of nitrogens with one attached hydrogen (secondary N) is 2. The minimum atomic E-state index is -1.30. The number of amides is 3. The first-order valence-electron chi connectivity index (χ1n) is 7.39. The molecule has 24 heavy (non-hydrogen) atoms. The summed E-state index contributed by atoms with van der Waals surface area (Å²) in [5.41, 5.74) is 5.33. The minimum Gasteiger partial charge on any atom is -0.480 e. The van der Waals surface area contributed by atoms with Crippen LogP contribution in [0.25, 0.3) is 0 Å². The van der Waals surface area contributed by atoms with Gasteiger partial charge in [0.2, 0.25) is 17.7 Å². The molecule has 1 saturated heterocycles. The molecule has 0 aromatic rings. The van der Waals surface area contributed by atoms with Gasteiger partial charge in [0.25, 0.3) is 0 Å². The lowest BCUT2D eigenvalue weighted by Crippen LogP contribution is -2.57. The first-order valence-corrected chi connectivity index (χ1v) is 7.39. The Morgan fingerprint density at radius 2 is 1.88 bits per heavy atom. The molecule has 0 aromatic heterocycles. The summed E-state index contributed by atoms with van der Waals surface area (Å²) in [5.74, 6) is -3.31. The standard InChI is InChI=1S/C13H22N4O7/c14-7(5-18)11(22)16-8(6-19)13(24)17-3-1-2-9(17)12(23)15-4-10(20)21/h7-9,18-19H,1-6,14H2,(H,15,23)(H,16,22)(H,20,21). The molecule has 1 aliphatic rings. The molecule has 3 amide bonds. The molecule has 1 aliphatic heterocycles. The van der Waals surface area contributed by atoms with Gasteiger partial charge in [-0.05, 0) is 12.8 Å². The van der Waals surface area contributed by atoms with E-state index >= 15 is 0 Å². The highest BCUT2D eigenvalue weighted by Crippen LogP contribution is 2.18. The fraction of sp³-hybridized carbons (Fsp3) is 0.692. The Bertz CT molecular complexity index is 499. The molecule has 0 bridgehead atoms. The third-order valence-corrected chi connectivity index (χ3v) is 3.58. The summed E-state index contributed by atoms with van der Waals surface area (Å²) in [5, 5.41) is 31.1. The summed E-state index contributed by atoms with van der Waals surface area (Å²) in [6.45, 7) is -1.66. The van der Waals surface area contributed by atoms with Crippen molar-refractivity contribution < 1.29 is 34.5 Å². The number of hydrogen-bond donors (Lipinski definition) is 6. The maximum atomic E-state index is 12.4. The van der Waals surface area contributed by atoms with Crippen LogP contribution in [0.3, 0.4) is 0 Å². The van der Waals surface area contributed by atoms with Crippen molar-refractivity contribution in [1.82, 2.24) is 15.5 Å². The summed E-state index contributed by atoms with van der Waals surface area (Å²) in [4.78, 5) is 47.7. The molecular weight excluding hydrogens is 324 g/mol. The molecule has 1 rings (SSSR count). The number of carbonyl (C=O) groups excluding carboxylic acids is 3. The van der Waals surface area contributed by atoms with Crippen molar-refractivity contribution >= 4 is 23.7 Å². The second kappa shape index (κ2) is 9.15. The number of carbonyl (C=O) groups is 4. The zero-order chi connectivity index (χ0) is 18.3. The number of hydrogen-bond acceptors (Lipinski definition) is 7. The van der Waals surface area contributed by atoms with Gasteiger partial charge in [-0.25, -0.2) is 0 Å². The van der Waals surface area contributed by atoms with Gasteiger partial charge < -0.3 is 36.6 Å². The van der Waals surface area contributed by atoms with E-state index in [-0.39, 0.29) is 6.54 Å². The Morgan fingerprint density at radius 3 is 2.42 bits per heavy atom. The average Bonchev–Trinajstić information content (AvgIpc) is 3.05. The van der Waals surface area contributed by atoms with Crippen LogP contribution in [0.1, 0.15) is 12.8 Å². The third-order valence-electron chi connectivity index (χ3n) is 3.58. The molecular formula is C13H22N4O7. The van der Waals surface area contributed by atoms with E-state index in [0.717, 1.165) is 0 Å². The second-order valence-electron chi connectivity index (χ2n) is 5.33. The highest BCUT2D eigenvalue weighted by atomic mass is 16.4. The highest BCUT2D eigenvalue weighted by Gasteiger charge is 2.37. The molecule has 11 nitrogen and oxygen atoms in total. The van der Waals surface area contributed by atoms with Crippen LogP contribution < -0.4 is 16.4 Å². The number of aliphatic carboxylic acids is 1. The number of nitrogens with zero attached hydrogens (tertiary/aromatic N) is 1. The van der Waals surface area contributed by atoms with Crippen LogP contribution >= 0.6 is 0 Å². The number of rotatable bonds is 8. The van der Waals surface area contributed by atoms with Crippen LogP contribution in [-0.4, -0.2) is 88.3 Å². The maximum absolute atomic E-state index is 12.4. The van der Waals surface area contributed by atoms with E-state index in [2.05, 4.69) is 10.6 Å². The Kier molecular flexibility index (Phi) is 7.55. The lowest BCUT2D eigenvalue weighted by Gasteiger charge is -2.28. The molecule has 11 heteroatoms. The van der Waals surface area contributed by atoms with E-state index in [1.165, 1.54) is 4.90 Å². The number of nitrogens with two attached hydrogens (primary N) is 1. The van der Waals surface area contributed by atoms with Gasteiger partial charge in [0, 0.05) is 6.54 Å². The topological polar surface area (TPSA) is 182 Å². The minimum absolute atomic E-state index is 0.239. The van der Waals surface area contributed by atoms with Gasteiger partial charge in [-0.2, -0.15) is 0 Å². The van der Waals surface area contributed by atoms with Crippen LogP contribution in [0.15, 0.2) is 0 Å². The van der Waals surface area contributed by atoms with Crippen LogP contribution in [0.5, 0.6) is 0 Å². The molecule has 136 valence electrons. The summed E-state index contributed by atoms with van der Waals surface area (Å²) in [6.07, 6.45) is 0.874. The molecule has 0 aliphatic carbocycles. The monoisotopic (exact) mass is 346 g/mol. The van der Waals surface area contributed by atoms with Crippen LogP contribution in [0.4, 0.5) is 0 Å². The number of carboxylic acid groups (broad SMARTS) is 1. The van der Waals surface area contributed by atoms with Crippen molar-refractivity contribution in [3.8, 4) is 0 Å². The van der Waals surface area contributed by atoms with Crippen LogP contribution in [0.2, 0.25) is 0 Å². The number of likely N-dealkylation sites (tertiary alicyclic amines) is 1. The van der Waals surface area contributed by atoms with Gasteiger partial charge in [0.1, 0.15) is 24.7 Å². The van der Waals surface area contributed by atoms with Crippen molar-refractivity contribution in [2.75, 3.05) is 26.3 Å². The third kappa shape index (κ3) is 5.15. The molecule has 1 fully saturated rings. The van der Waals surface area contributed by atoms with Crippen LogP contribution in [-0.2, 0) is 19.2 Å². The molecule has 0 aromatic carbocycles. The molecule has 0 spiro atoms.